The van der Waals surface area contributed by atoms with Crippen molar-refractivity contribution in [3.8, 4) is 0 Å². The van der Waals surface area contributed by atoms with Crippen LogP contribution in [0.4, 0.5) is 0 Å². The van der Waals surface area contributed by atoms with Crippen LogP contribution >= 0.6 is 11.6 Å². The van der Waals surface area contributed by atoms with E-state index in [0.29, 0.717) is 10.6 Å². The summed E-state index contributed by atoms with van der Waals surface area (Å²) in [6, 6.07) is 15.2. The molecule has 0 N–H and O–H groups in total. The van der Waals surface area contributed by atoms with E-state index in [-0.39, 0.29) is 5.97 Å². The number of carbonyl (C=O) groups excluding carboxylic acids is 1. The van der Waals surface area contributed by atoms with Crippen molar-refractivity contribution in [3.63, 3.8) is 0 Å². The van der Waals surface area contributed by atoms with Crippen LogP contribution in [0.5, 0.6) is 0 Å². The predicted molar refractivity (Wildman–Crippen MR) is 99.1 cm³/mol. The number of esters is 1. The molecule has 0 fully saturated rings. The van der Waals surface area contributed by atoms with E-state index in [1.165, 1.54) is 0 Å². The Hall–Kier alpha value is -2.39. The van der Waals surface area contributed by atoms with Crippen molar-refractivity contribution in [1.29, 1.82) is 0 Å². The summed E-state index contributed by atoms with van der Waals surface area (Å²) in [6.45, 7) is 1.85. The van der Waals surface area contributed by atoms with E-state index < -0.39 is 6.10 Å². The highest BCUT2D eigenvalue weighted by Crippen LogP contribution is 2.32. The standard InChI is InChI=1S/C21H18ClNO2/c1-13(14-7-2-4-10-17(14)22)25-21(24)20-15-8-3-5-11-18(15)23-19-12-6-9-16(19)20/h2-5,7-8,10-11,13H,6,9,12H2,1H3/t13-/m1/s1. The van der Waals surface area contributed by atoms with Crippen molar-refractivity contribution < 1.29 is 9.53 Å². The number of halogens is 1. The van der Waals surface area contributed by atoms with Gasteiger partial charge < -0.3 is 4.74 Å². The number of fused-ring (bicyclic) bond motifs is 2. The third-order valence-electron chi connectivity index (χ3n) is 4.75. The van der Waals surface area contributed by atoms with Crippen LogP contribution in [0, 0.1) is 0 Å². The van der Waals surface area contributed by atoms with Crippen molar-refractivity contribution in [3.05, 3.63) is 75.9 Å². The molecule has 3 aromatic rings. The number of pyridine rings is 1. The summed E-state index contributed by atoms with van der Waals surface area (Å²) in [5.41, 5.74) is 4.39. The number of nitrogens with zero attached hydrogens (tertiary/aromatic N) is 1. The van der Waals surface area contributed by atoms with Crippen molar-refractivity contribution in [1.82, 2.24) is 4.98 Å². The van der Waals surface area contributed by atoms with Crippen molar-refractivity contribution >= 4 is 28.5 Å². The van der Waals surface area contributed by atoms with Gasteiger partial charge in [0.25, 0.3) is 0 Å². The molecule has 0 saturated carbocycles. The number of rotatable bonds is 3. The first-order valence-electron chi connectivity index (χ1n) is 8.51. The second kappa shape index (κ2) is 6.49. The molecule has 1 heterocycles. The first kappa shape index (κ1) is 16.1. The lowest BCUT2D eigenvalue weighted by Gasteiger charge is -2.17. The highest BCUT2D eigenvalue weighted by Gasteiger charge is 2.26. The smallest absolute Gasteiger partial charge is 0.339 e. The van der Waals surface area contributed by atoms with Crippen LogP contribution in [-0.4, -0.2) is 11.0 Å². The van der Waals surface area contributed by atoms with Crippen molar-refractivity contribution in [2.24, 2.45) is 0 Å². The maximum atomic E-state index is 13.0. The summed E-state index contributed by atoms with van der Waals surface area (Å²) in [5.74, 6) is -0.302. The minimum atomic E-state index is -0.412. The van der Waals surface area contributed by atoms with Gasteiger partial charge in [-0.25, -0.2) is 4.79 Å². The topological polar surface area (TPSA) is 39.2 Å². The third kappa shape index (κ3) is 2.89. The lowest BCUT2D eigenvalue weighted by atomic mass is 10.0. The van der Waals surface area contributed by atoms with E-state index in [4.69, 9.17) is 21.3 Å². The molecule has 0 radical (unpaired) electrons. The molecule has 4 heteroatoms. The Morgan fingerprint density at radius 2 is 1.88 bits per heavy atom. The van der Waals surface area contributed by atoms with Gasteiger partial charge >= 0.3 is 5.97 Å². The number of benzene rings is 2. The molecule has 1 aliphatic rings. The molecule has 3 nitrogen and oxygen atoms in total. The molecule has 0 bridgehead atoms. The van der Waals surface area contributed by atoms with Gasteiger partial charge in [0.2, 0.25) is 0 Å². The van der Waals surface area contributed by atoms with Gasteiger partial charge in [0.15, 0.2) is 0 Å². The largest absolute Gasteiger partial charge is 0.454 e. The van der Waals surface area contributed by atoms with Gasteiger partial charge in [0, 0.05) is 21.7 Å². The molecule has 0 spiro atoms. The number of hydrogen-bond acceptors (Lipinski definition) is 3. The summed E-state index contributed by atoms with van der Waals surface area (Å²) in [7, 11) is 0. The van der Waals surface area contributed by atoms with Crippen molar-refractivity contribution in [2.45, 2.75) is 32.3 Å². The molecule has 0 amide bonds. The normalized spacial score (nSPS) is 14.3. The van der Waals surface area contributed by atoms with Gasteiger partial charge in [0.1, 0.15) is 6.10 Å². The Labute approximate surface area is 151 Å². The Bertz CT molecular complexity index is 967. The zero-order chi connectivity index (χ0) is 17.4. The van der Waals surface area contributed by atoms with E-state index in [1.807, 2.05) is 49.4 Å². The Morgan fingerprint density at radius 3 is 2.72 bits per heavy atom. The summed E-state index contributed by atoms with van der Waals surface area (Å²) in [6.07, 6.45) is 2.41. The quantitative estimate of drug-likeness (QED) is 0.601. The lowest BCUT2D eigenvalue weighted by Crippen LogP contribution is -2.13. The van der Waals surface area contributed by atoms with Crippen molar-refractivity contribution in [2.75, 3.05) is 0 Å². The zero-order valence-corrected chi connectivity index (χ0v) is 14.7. The zero-order valence-electron chi connectivity index (χ0n) is 14.0. The number of hydrogen-bond donors (Lipinski definition) is 0. The van der Waals surface area contributed by atoms with Gasteiger partial charge in [-0.2, -0.15) is 0 Å². The van der Waals surface area contributed by atoms with E-state index in [2.05, 4.69) is 0 Å². The van der Waals surface area contributed by atoms with Crippen LogP contribution in [0.2, 0.25) is 5.02 Å². The summed E-state index contributed by atoms with van der Waals surface area (Å²) in [5, 5.41) is 1.46. The van der Waals surface area contributed by atoms with Gasteiger partial charge in [0.05, 0.1) is 11.1 Å². The summed E-state index contributed by atoms with van der Waals surface area (Å²) >= 11 is 6.24. The molecule has 1 atom stereocenters. The summed E-state index contributed by atoms with van der Waals surface area (Å²) in [4.78, 5) is 17.7. The molecule has 126 valence electrons. The highest BCUT2D eigenvalue weighted by atomic mass is 35.5. The number of ether oxygens (including phenoxy) is 1. The van der Waals surface area contributed by atoms with Gasteiger partial charge in [-0.1, -0.05) is 48.0 Å². The van der Waals surface area contributed by atoms with Crippen LogP contribution in [0.25, 0.3) is 10.9 Å². The molecule has 1 aliphatic carbocycles. The van der Waals surface area contributed by atoms with E-state index in [0.717, 1.165) is 47.0 Å². The minimum Gasteiger partial charge on any atom is -0.454 e. The van der Waals surface area contributed by atoms with Crippen LogP contribution in [0.15, 0.2) is 48.5 Å². The first-order valence-corrected chi connectivity index (χ1v) is 8.89. The van der Waals surface area contributed by atoms with E-state index in [9.17, 15) is 4.79 Å². The average molecular weight is 352 g/mol. The SMILES string of the molecule is C[C@@H](OC(=O)c1c2c(nc3ccccc13)CCC2)c1ccccc1Cl. The Balaban J connectivity index is 1.74. The van der Waals surface area contributed by atoms with Crippen LogP contribution < -0.4 is 0 Å². The molecule has 0 unspecified atom stereocenters. The molecule has 25 heavy (non-hydrogen) atoms. The van der Waals surface area contributed by atoms with Gasteiger partial charge in [-0.3, -0.25) is 4.98 Å². The third-order valence-corrected chi connectivity index (χ3v) is 5.09. The Kier molecular flexibility index (Phi) is 4.18. The van der Waals surface area contributed by atoms with Crippen LogP contribution in [-0.2, 0) is 17.6 Å². The predicted octanol–water partition coefficient (Wildman–Crippen LogP) is 5.29. The van der Waals surface area contributed by atoms with E-state index >= 15 is 0 Å². The second-order valence-electron chi connectivity index (χ2n) is 6.35. The molecule has 4 rings (SSSR count). The second-order valence-corrected chi connectivity index (χ2v) is 6.76. The molecule has 0 saturated heterocycles. The number of aryl methyl sites for hydroxylation is 1. The molecule has 1 aromatic heterocycles. The fourth-order valence-electron chi connectivity index (χ4n) is 3.53. The highest BCUT2D eigenvalue weighted by molar-refractivity contribution is 6.31. The molecule has 2 aromatic carbocycles. The lowest BCUT2D eigenvalue weighted by molar-refractivity contribution is 0.0339. The maximum absolute atomic E-state index is 13.0. The first-order chi connectivity index (χ1) is 12.1. The Morgan fingerprint density at radius 1 is 1.12 bits per heavy atom. The molecular formula is C21H18ClNO2. The maximum Gasteiger partial charge on any atom is 0.339 e. The van der Waals surface area contributed by atoms with Gasteiger partial charge in [-0.05, 0) is 43.9 Å². The molecule has 0 aliphatic heterocycles. The molecular weight excluding hydrogens is 334 g/mol. The minimum absolute atomic E-state index is 0.302. The van der Waals surface area contributed by atoms with Crippen LogP contribution in [0.3, 0.4) is 0 Å². The summed E-state index contributed by atoms with van der Waals surface area (Å²) < 4.78 is 5.79. The van der Waals surface area contributed by atoms with Gasteiger partial charge in [-0.15, -0.1) is 0 Å². The number of para-hydroxylation sites is 1. The van der Waals surface area contributed by atoms with Crippen LogP contribution in [0.1, 0.15) is 46.6 Å². The average Bonchev–Trinajstić information content (AvgIpc) is 3.07. The fraction of sp³-hybridized carbons (Fsp3) is 0.238. The monoisotopic (exact) mass is 351 g/mol. The van der Waals surface area contributed by atoms with E-state index in [1.54, 1.807) is 6.07 Å². The number of carbonyl (C=O) groups is 1. The number of aromatic nitrogens is 1. The fourth-order valence-corrected chi connectivity index (χ4v) is 3.82.